The number of allylic oxidation sites excluding steroid dienone is 2. The molecule has 0 aromatic rings. The molecule has 0 aromatic heterocycles. The number of rotatable bonds is 3. The van der Waals surface area contributed by atoms with Gasteiger partial charge in [-0.25, -0.2) is 0 Å². The van der Waals surface area contributed by atoms with Crippen molar-refractivity contribution in [2.45, 2.75) is 19.8 Å². The molecule has 0 aliphatic rings. The molecule has 0 radical (unpaired) electrons. The lowest BCUT2D eigenvalue weighted by atomic mass is 10.4. The number of alkyl halides is 1. The quantitative estimate of drug-likeness (QED) is 0.321. The van der Waals surface area contributed by atoms with Crippen molar-refractivity contribution < 1.29 is 0 Å². The molecule has 0 fully saturated rings. The SMILES string of the molecule is CC/C=C\CCCl.[MgH2]. The lowest BCUT2D eigenvalue weighted by Crippen LogP contribution is -1.64. The Morgan fingerprint density at radius 2 is 2.00 bits per heavy atom. The molecule has 0 bridgehead atoms. The summed E-state index contributed by atoms with van der Waals surface area (Å²) < 4.78 is 0. The fourth-order valence-electron chi connectivity index (χ4n) is 0.348. The lowest BCUT2D eigenvalue weighted by molar-refractivity contribution is 1.16. The molecular formula is C6H13ClMg. The van der Waals surface area contributed by atoms with Crippen LogP contribution in [0.1, 0.15) is 19.8 Å². The molecule has 0 rings (SSSR count). The second-order valence-electron chi connectivity index (χ2n) is 1.36. The Hall–Kier alpha value is 0.796. The highest BCUT2D eigenvalue weighted by atomic mass is 35.5. The summed E-state index contributed by atoms with van der Waals surface area (Å²) in [6, 6.07) is 0. The zero-order chi connectivity index (χ0) is 5.54. The summed E-state index contributed by atoms with van der Waals surface area (Å²) in [4.78, 5) is 0. The molecule has 0 saturated carbocycles. The zero-order valence-electron chi connectivity index (χ0n) is 4.65. The lowest BCUT2D eigenvalue weighted by Gasteiger charge is -1.78. The third-order valence-corrected chi connectivity index (χ3v) is 0.896. The van der Waals surface area contributed by atoms with Crippen molar-refractivity contribution in [3.05, 3.63) is 12.2 Å². The van der Waals surface area contributed by atoms with E-state index in [1.165, 1.54) is 0 Å². The first-order valence-corrected chi connectivity index (χ1v) is 3.16. The highest BCUT2D eigenvalue weighted by Gasteiger charge is 1.69. The Morgan fingerprint density at radius 1 is 1.38 bits per heavy atom. The molecule has 46 valence electrons. The van der Waals surface area contributed by atoms with Crippen molar-refractivity contribution in [2.75, 3.05) is 5.88 Å². The van der Waals surface area contributed by atoms with Gasteiger partial charge < -0.3 is 0 Å². The normalized spacial score (nSPS) is 9.25. The van der Waals surface area contributed by atoms with Crippen molar-refractivity contribution in [2.24, 2.45) is 0 Å². The van der Waals surface area contributed by atoms with E-state index >= 15 is 0 Å². The first-order valence-electron chi connectivity index (χ1n) is 2.62. The monoisotopic (exact) mass is 144 g/mol. The Kier molecular flexibility index (Phi) is 15.5. The Balaban J connectivity index is 0. The second-order valence-corrected chi connectivity index (χ2v) is 1.74. The second kappa shape index (κ2) is 10.7. The van der Waals surface area contributed by atoms with E-state index in [0.29, 0.717) is 0 Å². The largest absolute Gasteiger partial charge is 0.316 e. The minimum atomic E-state index is 0. The molecule has 0 aliphatic carbocycles. The third-order valence-electron chi connectivity index (χ3n) is 0.678. The molecule has 2 heteroatoms. The average Bonchev–Trinajstić information content (AvgIpc) is 1.69. The van der Waals surface area contributed by atoms with E-state index in [1.807, 2.05) is 0 Å². The standard InChI is InChI=1S/C6H11Cl.Mg.2H/c1-2-3-4-5-6-7;;;/h3-4H,2,5-6H2,1H3;;;/b4-3-;;;. The van der Waals surface area contributed by atoms with Crippen LogP contribution >= 0.6 is 11.6 Å². The molecule has 0 saturated heterocycles. The minimum Gasteiger partial charge on any atom is -0.126 e. The smallest absolute Gasteiger partial charge is 0.126 e. The fraction of sp³-hybridized carbons (Fsp3) is 0.667. The molecule has 8 heavy (non-hydrogen) atoms. The van der Waals surface area contributed by atoms with Gasteiger partial charge in [-0.05, 0) is 12.8 Å². The van der Waals surface area contributed by atoms with Crippen LogP contribution in [0, 0.1) is 0 Å². The summed E-state index contributed by atoms with van der Waals surface area (Å²) in [5.74, 6) is 0.747. The van der Waals surface area contributed by atoms with Gasteiger partial charge in [0.15, 0.2) is 0 Å². The minimum absolute atomic E-state index is 0. The van der Waals surface area contributed by atoms with E-state index in [9.17, 15) is 0 Å². The van der Waals surface area contributed by atoms with Crippen molar-refractivity contribution in [1.29, 1.82) is 0 Å². The third kappa shape index (κ3) is 9.93. The van der Waals surface area contributed by atoms with Gasteiger partial charge in [0.05, 0.1) is 0 Å². The summed E-state index contributed by atoms with van der Waals surface area (Å²) in [6.07, 6.45) is 6.36. The van der Waals surface area contributed by atoms with Crippen LogP contribution < -0.4 is 0 Å². The molecule has 0 aliphatic heterocycles. The Morgan fingerprint density at radius 3 is 2.38 bits per heavy atom. The molecule has 0 spiro atoms. The van der Waals surface area contributed by atoms with Crippen LogP contribution in [0.5, 0.6) is 0 Å². The van der Waals surface area contributed by atoms with Crippen LogP contribution in [-0.2, 0) is 0 Å². The van der Waals surface area contributed by atoms with Gasteiger partial charge in [-0.2, -0.15) is 0 Å². The van der Waals surface area contributed by atoms with Crippen LogP contribution in [-0.4, -0.2) is 28.9 Å². The molecule has 0 nitrogen and oxygen atoms in total. The molecule has 0 N–H and O–H groups in total. The van der Waals surface area contributed by atoms with Crippen molar-refractivity contribution in [3.63, 3.8) is 0 Å². The zero-order valence-corrected chi connectivity index (χ0v) is 5.41. The van der Waals surface area contributed by atoms with Crippen LogP contribution in [0.3, 0.4) is 0 Å². The molecule has 0 aromatic carbocycles. The van der Waals surface area contributed by atoms with Gasteiger partial charge in [0.25, 0.3) is 0 Å². The van der Waals surface area contributed by atoms with E-state index < -0.39 is 0 Å². The van der Waals surface area contributed by atoms with E-state index in [-0.39, 0.29) is 23.1 Å². The van der Waals surface area contributed by atoms with E-state index in [0.717, 1.165) is 18.7 Å². The van der Waals surface area contributed by atoms with Gasteiger partial charge in [-0.3, -0.25) is 0 Å². The summed E-state index contributed by atoms with van der Waals surface area (Å²) in [5, 5.41) is 0. The maximum atomic E-state index is 5.39. The fourth-order valence-corrected chi connectivity index (χ4v) is 0.474. The van der Waals surface area contributed by atoms with Crippen LogP contribution in [0.4, 0.5) is 0 Å². The molecule has 0 heterocycles. The number of halogens is 1. The Bertz CT molecular complexity index is 52.5. The number of hydrogen-bond acceptors (Lipinski definition) is 0. The Labute approximate surface area is 72.4 Å². The van der Waals surface area contributed by atoms with Gasteiger partial charge in [0, 0.05) is 5.88 Å². The van der Waals surface area contributed by atoms with Gasteiger partial charge in [0.1, 0.15) is 0 Å². The molecule has 0 unspecified atom stereocenters. The number of hydrogen-bond donors (Lipinski definition) is 0. The topological polar surface area (TPSA) is 0 Å². The van der Waals surface area contributed by atoms with Crippen LogP contribution in [0.2, 0.25) is 0 Å². The van der Waals surface area contributed by atoms with Crippen molar-refractivity contribution in [1.82, 2.24) is 0 Å². The van der Waals surface area contributed by atoms with Crippen molar-refractivity contribution in [3.8, 4) is 0 Å². The van der Waals surface area contributed by atoms with E-state index in [4.69, 9.17) is 11.6 Å². The highest BCUT2D eigenvalue weighted by molar-refractivity contribution is 6.17. The van der Waals surface area contributed by atoms with Crippen LogP contribution in [0.15, 0.2) is 12.2 Å². The molecule has 0 amide bonds. The molecule has 0 atom stereocenters. The summed E-state index contributed by atoms with van der Waals surface area (Å²) >= 11 is 5.39. The molecular weight excluding hydrogens is 132 g/mol. The maximum Gasteiger partial charge on any atom is 0.316 e. The first kappa shape index (κ1) is 11.6. The first-order chi connectivity index (χ1) is 3.41. The average molecular weight is 145 g/mol. The summed E-state index contributed by atoms with van der Waals surface area (Å²) in [6.45, 7) is 2.12. The highest BCUT2D eigenvalue weighted by Crippen LogP contribution is 1.87. The van der Waals surface area contributed by atoms with Gasteiger partial charge in [0.2, 0.25) is 0 Å². The van der Waals surface area contributed by atoms with E-state index in [1.54, 1.807) is 0 Å². The van der Waals surface area contributed by atoms with Gasteiger partial charge in [-0.15, -0.1) is 11.6 Å². The van der Waals surface area contributed by atoms with Crippen molar-refractivity contribution >= 4 is 34.7 Å². The van der Waals surface area contributed by atoms with Gasteiger partial charge in [-0.1, -0.05) is 19.1 Å². The summed E-state index contributed by atoms with van der Waals surface area (Å²) in [7, 11) is 0. The van der Waals surface area contributed by atoms with E-state index in [2.05, 4.69) is 19.1 Å². The maximum absolute atomic E-state index is 5.39. The predicted octanol–water partition coefficient (Wildman–Crippen LogP) is 1.67. The van der Waals surface area contributed by atoms with Gasteiger partial charge >= 0.3 is 23.1 Å². The van der Waals surface area contributed by atoms with Crippen LogP contribution in [0.25, 0.3) is 0 Å². The predicted molar refractivity (Wildman–Crippen MR) is 43.3 cm³/mol. The summed E-state index contributed by atoms with van der Waals surface area (Å²) in [5.41, 5.74) is 0.